The molecule has 8 nitrogen and oxygen atoms in total. The number of hydrogen-bond donors (Lipinski definition) is 0. The number of nitro benzene ring substituents is 1. The summed E-state index contributed by atoms with van der Waals surface area (Å²) in [4.78, 5) is 33.5. The van der Waals surface area contributed by atoms with Gasteiger partial charge >= 0.3 is 11.9 Å². The third kappa shape index (κ3) is 4.67. The van der Waals surface area contributed by atoms with E-state index in [2.05, 4.69) is 4.74 Å². The molecular formula is C18H15NO7. The van der Waals surface area contributed by atoms with Gasteiger partial charge in [0.25, 0.3) is 5.69 Å². The van der Waals surface area contributed by atoms with Crippen LogP contribution in [0.2, 0.25) is 0 Å². The third-order valence-corrected chi connectivity index (χ3v) is 3.30. The third-order valence-electron chi connectivity index (χ3n) is 3.30. The van der Waals surface area contributed by atoms with Crippen LogP contribution in [0, 0.1) is 10.1 Å². The average molecular weight is 357 g/mol. The second-order valence-corrected chi connectivity index (χ2v) is 4.96. The highest BCUT2D eigenvalue weighted by Crippen LogP contribution is 2.29. The maximum atomic E-state index is 12.2. The molecule has 0 aliphatic carbocycles. The summed E-state index contributed by atoms with van der Waals surface area (Å²) < 4.78 is 14.9. The number of carbonyl (C=O) groups excluding carboxylic acids is 2. The number of carbonyl (C=O) groups is 2. The highest BCUT2D eigenvalue weighted by molar-refractivity contribution is 5.92. The van der Waals surface area contributed by atoms with Crippen LogP contribution < -0.4 is 9.47 Å². The molecule has 0 heterocycles. The van der Waals surface area contributed by atoms with Crippen molar-refractivity contribution in [2.24, 2.45) is 0 Å². The van der Waals surface area contributed by atoms with Crippen molar-refractivity contribution in [1.29, 1.82) is 0 Å². The predicted molar refractivity (Wildman–Crippen MR) is 92.1 cm³/mol. The molecule has 0 fully saturated rings. The Morgan fingerprint density at radius 3 is 2.50 bits per heavy atom. The Kier molecular flexibility index (Phi) is 6.05. The molecule has 0 saturated heterocycles. The van der Waals surface area contributed by atoms with E-state index >= 15 is 0 Å². The van der Waals surface area contributed by atoms with Crippen LogP contribution in [-0.2, 0) is 9.53 Å². The van der Waals surface area contributed by atoms with E-state index in [1.807, 2.05) is 0 Å². The van der Waals surface area contributed by atoms with Crippen molar-refractivity contribution < 1.29 is 28.7 Å². The molecule has 0 unspecified atom stereocenters. The van der Waals surface area contributed by atoms with E-state index in [9.17, 15) is 19.7 Å². The quantitative estimate of drug-likeness (QED) is 0.257. The Labute approximate surface area is 148 Å². The van der Waals surface area contributed by atoms with Gasteiger partial charge in [0, 0.05) is 18.2 Å². The maximum absolute atomic E-state index is 12.2. The maximum Gasteiger partial charge on any atom is 0.343 e. The summed E-state index contributed by atoms with van der Waals surface area (Å²) in [6.45, 7) is 0. The molecule has 0 spiro atoms. The predicted octanol–water partition coefficient (Wildman–Crippen LogP) is 3.01. The lowest BCUT2D eigenvalue weighted by atomic mass is 10.2. The number of non-ortho nitro benzene ring substituents is 1. The van der Waals surface area contributed by atoms with Gasteiger partial charge in [-0.25, -0.2) is 9.59 Å². The van der Waals surface area contributed by atoms with Crippen molar-refractivity contribution in [2.45, 2.75) is 0 Å². The van der Waals surface area contributed by atoms with Crippen LogP contribution in [0.4, 0.5) is 5.69 Å². The minimum absolute atomic E-state index is 0.0379. The van der Waals surface area contributed by atoms with E-state index in [1.54, 1.807) is 12.1 Å². The Hall–Kier alpha value is -3.68. The van der Waals surface area contributed by atoms with Crippen LogP contribution in [0.1, 0.15) is 15.9 Å². The lowest BCUT2D eigenvalue weighted by molar-refractivity contribution is -0.384. The smallest absolute Gasteiger partial charge is 0.343 e. The zero-order valence-electron chi connectivity index (χ0n) is 14.0. The fourth-order valence-electron chi connectivity index (χ4n) is 2.01. The van der Waals surface area contributed by atoms with E-state index in [0.29, 0.717) is 5.56 Å². The number of rotatable bonds is 6. The molecule has 134 valence electrons. The minimum atomic E-state index is -0.759. The Balaban J connectivity index is 2.22. The van der Waals surface area contributed by atoms with Crippen LogP contribution in [0.5, 0.6) is 11.5 Å². The summed E-state index contributed by atoms with van der Waals surface area (Å²) in [6, 6.07) is 9.88. The Morgan fingerprint density at radius 1 is 1.08 bits per heavy atom. The largest absolute Gasteiger partial charge is 0.493 e. The summed E-state index contributed by atoms with van der Waals surface area (Å²) in [5, 5.41) is 10.8. The molecule has 26 heavy (non-hydrogen) atoms. The van der Waals surface area contributed by atoms with Crippen molar-refractivity contribution in [3.8, 4) is 11.5 Å². The van der Waals surface area contributed by atoms with Gasteiger partial charge in [0.15, 0.2) is 11.5 Å². The van der Waals surface area contributed by atoms with Crippen molar-refractivity contribution in [3.63, 3.8) is 0 Å². The fraction of sp³-hybridized carbons (Fsp3) is 0.111. The van der Waals surface area contributed by atoms with E-state index < -0.39 is 16.9 Å². The van der Waals surface area contributed by atoms with Gasteiger partial charge in [-0.2, -0.15) is 0 Å². The summed E-state index contributed by atoms with van der Waals surface area (Å²) in [6.07, 6.45) is 2.75. The molecule has 0 N–H and O–H groups in total. The Morgan fingerprint density at radius 2 is 1.85 bits per heavy atom. The molecule has 2 aromatic carbocycles. The van der Waals surface area contributed by atoms with Crippen molar-refractivity contribution in [3.05, 3.63) is 69.8 Å². The number of methoxy groups -OCH3 is 2. The van der Waals surface area contributed by atoms with Gasteiger partial charge < -0.3 is 14.2 Å². The second-order valence-electron chi connectivity index (χ2n) is 4.96. The van der Waals surface area contributed by atoms with E-state index in [0.717, 1.165) is 6.07 Å². The van der Waals surface area contributed by atoms with Crippen LogP contribution in [0.3, 0.4) is 0 Å². The molecular weight excluding hydrogens is 342 g/mol. The summed E-state index contributed by atoms with van der Waals surface area (Å²) in [5.74, 6) is -0.870. The van der Waals surface area contributed by atoms with Gasteiger partial charge in [0.2, 0.25) is 0 Å². The molecule has 2 rings (SSSR count). The van der Waals surface area contributed by atoms with Gasteiger partial charge in [-0.05, 0) is 29.8 Å². The first-order valence-electron chi connectivity index (χ1n) is 7.35. The summed E-state index contributed by atoms with van der Waals surface area (Å²) >= 11 is 0. The first-order valence-corrected chi connectivity index (χ1v) is 7.35. The molecule has 0 aliphatic heterocycles. The van der Waals surface area contributed by atoms with E-state index in [4.69, 9.17) is 9.47 Å². The number of hydrogen-bond acceptors (Lipinski definition) is 7. The number of nitro groups is 1. The first kappa shape index (κ1) is 18.7. The molecule has 0 saturated carbocycles. The molecule has 0 radical (unpaired) electrons. The molecule has 0 amide bonds. The van der Waals surface area contributed by atoms with Crippen LogP contribution in [0.15, 0.2) is 48.5 Å². The standard InChI is InChI=1S/C18H15NO7/c1-24-16-10-12(7-9-17(20)25-2)6-8-15(16)26-18(21)13-4-3-5-14(11-13)19(22)23/h3-11H,1-2H3. The zero-order chi connectivity index (χ0) is 19.1. The Bertz CT molecular complexity index is 874. The normalized spacial score (nSPS) is 10.4. The molecule has 0 aliphatic rings. The first-order chi connectivity index (χ1) is 12.4. The van der Waals surface area contributed by atoms with Crippen molar-refractivity contribution >= 4 is 23.7 Å². The highest BCUT2D eigenvalue weighted by atomic mass is 16.6. The van der Waals surface area contributed by atoms with Crippen LogP contribution in [0.25, 0.3) is 6.08 Å². The van der Waals surface area contributed by atoms with E-state index in [1.165, 1.54) is 50.6 Å². The summed E-state index contributed by atoms with van der Waals surface area (Å²) in [5.41, 5.74) is 0.452. The number of esters is 2. The molecule has 8 heteroatoms. The monoisotopic (exact) mass is 357 g/mol. The SMILES string of the molecule is COC(=O)C=Cc1ccc(OC(=O)c2cccc([N+](=O)[O-])c2)c(OC)c1. The van der Waals surface area contributed by atoms with Gasteiger partial charge in [-0.1, -0.05) is 12.1 Å². The minimum Gasteiger partial charge on any atom is -0.493 e. The average Bonchev–Trinajstić information content (AvgIpc) is 2.66. The molecule has 0 bridgehead atoms. The van der Waals surface area contributed by atoms with Crippen LogP contribution in [-0.4, -0.2) is 31.1 Å². The number of nitrogens with zero attached hydrogens (tertiary/aromatic N) is 1. The van der Waals surface area contributed by atoms with Gasteiger partial charge in [0.1, 0.15) is 0 Å². The molecule has 2 aromatic rings. The lowest BCUT2D eigenvalue weighted by Gasteiger charge is -2.10. The molecule has 0 aromatic heterocycles. The van der Waals surface area contributed by atoms with Gasteiger partial charge in [0.05, 0.1) is 24.7 Å². The zero-order valence-corrected chi connectivity index (χ0v) is 14.0. The number of benzene rings is 2. The van der Waals surface area contributed by atoms with Crippen LogP contribution >= 0.6 is 0 Å². The lowest BCUT2D eigenvalue weighted by Crippen LogP contribution is -2.09. The highest BCUT2D eigenvalue weighted by Gasteiger charge is 2.15. The van der Waals surface area contributed by atoms with Crippen molar-refractivity contribution in [1.82, 2.24) is 0 Å². The molecule has 0 atom stereocenters. The van der Waals surface area contributed by atoms with Crippen molar-refractivity contribution in [2.75, 3.05) is 14.2 Å². The van der Waals surface area contributed by atoms with E-state index in [-0.39, 0.29) is 22.7 Å². The second kappa shape index (κ2) is 8.43. The number of ether oxygens (including phenoxy) is 3. The summed E-state index contributed by atoms with van der Waals surface area (Å²) in [7, 11) is 2.66. The van der Waals surface area contributed by atoms with Gasteiger partial charge in [-0.3, -0.25) is 10.1 Å². The topological polar surface area (TPSA) is 105 Å². The van der Waals surface area contributed by atoms with Gasteiger partial charge in [-0.15, -0.1) is 0 Å². The fourth-order valence-corrected chi connectivity index (χ4v) is 2.01.